The number of piperidine rings is 2. The second-order valence-electron chi connectivity index (χ2n) is 11.0. The van der Waals surface area contributed by atoms with Crippen LogP contribution in [0.3, 0.4) is 0 Å². The van der Waals surface area contributed by atoms with Gasteiger partial charge in [0.05, 0.1) is 26.4 Å². The number of halogens is 1. The van der Waals surface area contributed by atoms with Gasteiger partial charge in [-0.3, -0.25) is 9.59 Å². The number of alkyl halides is 1. The first kappa shape index (κ1) is 32.2. The van der Waals surface area contributed by atoms with Crippen molar-refractivity contribution < 1.29 is 33.0 Å². The van der Waals surface area contributed by atoms with Crippen LogP contribution in [0.4, 0.5) is 4.39 Å². The summed E-state index contributed by atoms with van der Waals surface area (Å²) >= 11 is 0. The summed E-state index contributed by atoms with van der Waals surface area (Å²) in [6.45, 7) is 5.81. The van der Waals surface area contributed by atoms with E-state index in [0.29, 0.717) is 51.1 Å². The summed E-state index contributed by atoms with van der Waals surface area (Å²) in [7, 11) is 0. The maximum Gasteiger partial charge on any atom is 0.222 e. The Kier molecular flexibility index (Phi) is 14.6. The summed E-state index contributed by atoms with van der Waals surface area (Å²) in [5.74, 6) is 1.17. The molecule has 1 N–H and O–H groups in total. The van der Waals surface area contributed by atoms with Gasteiger partial charge in [0.15, 0.2) is 0 Å². The van der Waals surface area contributed by atoms with Gasteiger partial charge in [-0.05, 0) is 81.6 Å². The zero-order valence-corrected chi connectivity index (χ0v) is 24.0. The van der Waals surface area contributed by atoms with Gasteiger partial charge < -0.3 is 29.2 Å². The largest absolute Gasteiger partial charge is 0.491 e. The van der Waals surface area contributed by atoms with Crippen LogP contribution in [0.2, 0.25) is 0 Å². The summed E-state index contributed by atoms with van der Waals surface area (Å²) in [6.07, 6.45) is 5.91. The first-order valence-electron chi connectivity index (χ1n) is 14.9. The van der Waals surface area contributed by atoms with Gasteiger partial charge in [-0.2, -0.15) is 0 Å². The average Bonchev–Trinajstić information content (AvgIpc) is 2.97. The first-order valence-corrected chi connectivity index (χ1v) is 14.9. The molecule has 0 unspecified atom stereocenters. The highest BCUT2D eigenvalue weighted by molar-refractivity contribution is 5.85. The third-order valence-corrected chi connectivity index (χ3v) is 7.86. The van der Waals surface area contributed by atoms with Crippen LogP contribution in [0.1, 0.15) is 69.8 Å². The van der Waals surface area contributed by atoms with E-state index in [1.165, 1.54) is 0 Å². The molecule has 0 bridgehead atoms. The van der Waals surface area contributed by atoms with Gasteiger partial charge in [0, 0.05) is 38.3 Å². The fourth-order valence-electron chi connectivity index (χ4n) is 5.64. The van der Waals surface area contributed by atoms with E-state index >= 15 is 0 Å². The number of ether oxygens (including phenoxy) is 3. The second-order valence-corrected chi connectivity index (χ2v) is 11.0. The predicted molar refractivity (Wildman–Crippen MR) is 151 cm³/mol. The van der Waals surface area contributed by atoms with Crippen molar-refractivity contribution in [2.45, 2.75) is 64.2 Å². The Balaban J connectivity index is 1.49. The maximum absolute atomic E-state index is 13.4. The monoisotopic (exact) mass is 562 g/mol. The van der Waals surface area contributed by atoms with Crippen molar-refractivity contribution >= 4 is 17.5 Å². The van der Waals surface area contributed by atoms with Crippen molar-refractivity contribution in [2.75, 3.05) is 65.9 Å². The van der Waals surface area contributed by atoms with Crippen LogP contribution in [0.15, 0.2) is 24.3 Å². The number of carbonyl (C=O) groups excluding carboxylic acids is 3. The highest BCUT2D eigenvalue weighted by Crippen LogP contribution is 2.30. The Bertz CT molecular complexity index is 923. The highest BCUT2D eigenvalue weighted by atomic mass is 19.1. The maximum atomic E-state index is 13.4. The number of benzene rings is 1. The van der Waals surface area contributed by atoms with Crippen LogP contribution in [0.25, 0.3) is 0 Å². The van der Waals surface area contributed by atoms with E-state index in [1.54, 1.807) is 6.92 Å². The molecular formula is C31H47FN2O6. The molecule has 1 aromatic carbocycles. The molecule has 2 atom stereocenters. The van der Waals surface area contributed by atoms with Crippen LogP contribution in [-0.2, 0) is 23.9 Å². The lowest BCUT2D eigenvalue weighted by atomic mass is 9.83. The molecule has 2 heterocycles. The predicted octanol–water partition coefficient (Wildman–Crippen LogP) is 4.11. The molecular weight excluding hydrogens is 515 g/mol. The number of likely N-dealkylation sites (tertiary alicyclic amines) is 1. The van der Waals surface area contributed by atoms with Crippen molar-refractivity contribution in [2.24, 2.45) is 11.8 Å². The first-order chi connectivity index (χ1) is 19.5. The van der Waals surface area contributed by atoms with Crippen LogP contribution in [0.5, 0.6) is 5.75 Å². The molecule has 40 heavy (non-hydrogen) atoms. The van der Waals surface area contributed by atoms with Crippen molar-refractivity contribution in [3.63, 3.8) is 0 Å². The minimum absolute atomic E-state index is 0.0332. The minimum atomic E-state index is -0.507. The number of hydrogen-bond donors (Lipinski definition) is 1. The SMILES string of the molecule is CC(=O)C[C@H](CC(=O)[C@@H]1CCCN(C(=O)CCC2CCNCC2)C1)c1cccc(OCCOCCOCCF)c1. The molecule has 0 spiro atoms. The van der Waals surface area contributed by atoms with Crippen LogP contribution < -0.4 is 10.1 Å². The lowest BCUT2D eigenvalue weighted by molar-refractivity contribution is -0.135. The van der Waals surface area contributed by atoms with E-state index in [9.17, 15) is 18.8 Å². The zero-order valence-electron chi connectivity index (χ0n) is 24.0. The van der Waals surface area contributed by atoms with E-state index in [1.807, 2.05) is 29.2 Å². The van der Waals surface area contributed by atoms with E-state index in [2.05, 4.69) is 5.32 Å². The standard InChI is InChI=1S/C31H47FN2O6/c1-24(35)20-28(26-4-2-6-29(21-26)40-19-18-39-17-16-38-15-11-32)22-30(36)27-5-3-14-34(23-27)31(37)8-7-25-9-12-33-13-10-25/h2,4,6,21,25,27-28,33H,3,5,7-20,22-23H2,1H3/t27-,28-/m1/s1. The van der Waals surface area contributed by atoms with Gasteiger partial charge in [-0.25, -0.2) is 4.39 Å². The molecule has 2 aliphatic rings. The molecule has 2 aliphatic heterocycles. The average molecular weight is 563 g/mol. The zero-order chi connectivity index (χ0) is 28.6. The summed E-state index contributed by atoms with van der Waals surface area (Å²) in [6, 6.07) is 7.54. The van der Waals surface area contributed by atoms with Gasteiger partial charge in [0.25, 0.3) is 0 Å². The quantitative estimate of drug-likeness (QED) is 0.269. The lowest BCUT2D eigenvalue weighted by Crippen LogP contribution is -2.42. The van der Waals surface area contributed by atoms with Gasteiger partial charge in [0.2, 0.25) is 5.91 Å². The van der Waals surface area contributed by atoms with Crippen LogP contribution >= 0.6 is 0 Å². The molecule has 0 saturated carbocycles. The van der Waals surface area contributed by atoms with Gasteiger partial charge in [0.1, 0.15) is 30.6 Å². The Labute approximate surface area is 238 Å². The normalized spacial score (nSPS) is 18.9. The number of amides is 1. The molecule has 2 fully saturated rings. The Morgan fingerprint density at radius 2 is 1.77 bits per heavy atom. The van der Waals surface area contributed by atoms with E-state index < -0.39 is 6.67 Å². The Hall–Kier alpha value is -2.36. The summed E-state index contributed by atoms with van der Waals surface area (Å²) in [4.78, 5) is 40.3. The van der Waals surface area contributed by atoms with Gasteiger partial charge in [-0.15, -0.1) is 0 Å². The topological polar surface area (TPSA) is 94.2 Å². The molecule has 1 amide bonds. The number of hydrogen-bond acceptors (Lipinski definition) is 7. The van der Waals surface area contributed by atoms with Gasteiger partial charge in [-0.1, -0.05) is 12.1 Å². The smallest absolute Gasteiger partial charge is 0.222 e. The number of carbonyl (C=O) groups is 3. The Morgan fingerprint density at radius 1 is 1.02 bits per heavy atom. The van der Waals surface area contributed by atoms with Gasteiger partial charge >= 0.3 is 0 Å². The second kappa shape index (κ2) is 18.1. The Morgan fingerprint density at radius 3 is 2.52 bits per heavy atom. The molecule has 0 aliphatic carbocycles. The van der Waals surface area contributed by atoms with Crippen molar-refractivity contribution in [3.05, 3.63) is 29.8 Å². The summed E-state index contributed by atoms with van der Waals surface area (Å²) in [5, 5.41) is 3.37. The fraction of sp³-hybridized carbons (Fsp3) is 0.710. The van der Waals surface area contributed by atoms with E-state index in [4.69, 9.17) is 14.2 Å². The highest BCUT2D eigenvalue weighted by Gasteiger charge is 2.30. The lowest BCUT2D eigenvalue weighted by Gasteiger charge is -2.33. The van der Waals surface area contributed by atoms with Crippen molar-refractivity contribution in [1.29, 1.82) is 0 Å². The van der Waals surface area contributed by atoms with Crippen molar-refractivity contribution in [1.82, 2.24) is 10.2 Å². The number of rotatable bonds is 18. The van der Waals surface area contributed by atoms with E-state index in [0.717, 1.165) is 57.3 Å². The molecule has 0 aromatic heterocycles. The molecule has 8 nitrogen and oxygen atoms in total. The third-order valence-electron chi connectivity index (χ3n) is 7.86. The third kappa shape index (κ3) is 11.6. The minimum Gasteiger partial charge on any atom is -0.491 e. The van der Waals surface area contributed by atoms with Crippen molar-refractivity contribution in [3.8, 4) is 5.75 Å². The molecule has 1 aromatic rings. The molecule has 3 rings (SSSR count). The molecule has 9 heteroatoms. The van der Waals surface area contributed by atoms with Crippen LogP contribution in [-0.4, -0.2) is 88.3 Å². The summed E-state index contributed by atoms with van der Waals surface area (Å²) in [5.41, 5.74) is 0.896. The fourth-order valence-corrected chi connectivity index (χ4v) is 5.64. The number of ketones is 2. The molecule has 224 valence electrons. The molecule has 0 radical (unpaired) electrons. The van der Waals surface area contributed by atoms with E-state index in [-0.39, 0.29) is 48.8 Å². The number of Topliss-reactive ketones (excluding diaryl/α,β-unsaturated/α-hetero) is 2. The number of nitrogens with zero attached hydrogens (tertiary/aromatic N) is 1. The number of nitrogens with one attached hydrogen (secondary N) is 1. The summed E-state index contributed by atoms with van der Waals surface area (Å²) < 4.78 is 28.3. The van der Waals surface area contributed by atoms with Crippen LogP contribution in [0, 0.1) is 11.8 Å². The molecule has 2 saturated heterocycles.